The van der Waals surface area contributed by atoms with Crippen molar-refractivity contribution in [3.8, 4) is 0 Å². The number of carbonyl (C=O) groups excluding carboxylic acids is 1. The van der Waals surface area contributed by atoms with Crippen molar-refractivity contribution in [2.75, 3.05) is 18.1 Å². The number of nitrogens with zero attached hydrogens (tertiary/aromatic N) is 1. The van der Waals surface area contributed by atoms with Gasteiger partial charge >= 0.3 is 12.1 Å². The van der Waals surface area contributed by atoms with E-state index in [4.69, 9.17) is 9.84 Å². The Morgan fingerprint density at radius 1 is 1.37 bits per heavy atom. The van der Waals surface area contributed by atoms with E-state index in [0.717, 1.165) is 11.3 Å². The number of hydrogen-bond acceptors (Lipinski definition) is 4. The maximum Gasteiger partial charge on any atom is 0.410 e. The Kier molecular flexibility index (Phi) is 4.68. The fourth-order valence-corrected chi connectivity index (χ4v) is 2.87. The van der Waals surface area contributed by atoms with E-state index >= 15 is 0 Å². The molecule has 1 aliphatic rings. The van der Waals surface area contributed by atoms with Crippen molar-refractivity contribution in [3.63, 3.8) is 0 Å². The molecule has 1 fully saturated rings. The van der Waals surface area contributed by atoms with E-state index in [9.17, 15) is 9.59 Å². The van der Waals surface area contributed by atoms with Crippen molar-refractivity contribution in [2.24, 2.45) is 0 Å². The lowest BCUT2D eigenvalue weighted by molar-refractivity contribution is -0.141. The van der Waals surface area contributed by atoms with Crippen LogP contribution in [0.4, 0.5) is 4.79 Å². The number of carbonyl (C=O) groups is 2. The van der Waals surface area contributed by atoms with Gasteiger partial charge in [-0.3, -0.25) is 4.90 Å². The fraction of sp³-hybridized carbons (Fsp3) is 0.385. The summed E-state index contributed by atoms with van der Waals surface area (Å²) in [6.45, 7) is 0.574. The molecule has 0 aromatic heterocycles. The van der Waals surface area contributed by atoms with Crippen molar-refractivity contribution in [3.05, 3.63) is 35.9 Å². The number of carboxylic acids is 1. The third kappa shape index (κ3) is 3.64. The molecule has 1 aliphatic heterocycles. The standard InChI is InChI=1S/C13H15NO4S/c15-12(16)11-9-19-7-6-14(11)13(17)18-8-10-4-2-1-3-5-10/h1-5,11H,6-9H2,(H,15,16)/t11-/m1/s1. The minimum absolute atomic E-state index is 0.162. The molecule has 6 heteroatoms. The average molecular weight is 281 g/mol. The van der Waals surface area contributed by atoms with Gasteiger partial charge in [0, 0.05) is 18.1 Å². The average Bonchev–Trinajstić information content (AvgIpc) is 2.46. The smallest absolute Gasteiger partial charge is 0.410 e. The van der Waals surface area contributed by atoms with Crippen LogP contribution < -0.4 is 0 Å². The zero-order valence-corrected chi connectivity index (χ0v) is 11.1. The number of hydrogen-bond donors (Lipinski definition) is 1. The van der Waals surface area contributed by atoms with Crippen molar-refractivity contribution < 1.29 is 19.4 Å². The molecule has 1 N–H and O–H groups in total. The van der Waals surface area contributed by atoms with Gasteiger partial charge in [0.2, 0.25) is 0 Å². The highest BCUT2D eigenvalue weighted by molar-refractivity contribution is 7.99. The van der Waals surface area contributed by atoms with Crippen LogP contribution in [0.2, 0.25) is 0 Å². The van der Waals surface area contributed by atoms with Crippen LogP contribution in [-0.2, 0) is 16.1 Å². The van der Waals surface area contributed by atoms with Crippen LogP contribution in [0.3, 0.4) is 0 Å². The van der Waals surface area contributed by atoms with Crippen LogP contribution in [0.5, 0.6) is 0 Å². The molecule has 0 unspecified atom stereocenters. The summed E-state index contributed by atoms with van der Waals surface area (Å²) in [5.41, 5.74) is 0.883. The lowest BCUT2D eigenvalue weighted by Gasteiger charge is -2.31. The highest BCUT2D eigenvalue weighted by Gasteiger charge is 2.33. The quantitative estimate of drug-likeness (QED) is 0.915. The van der Waals surface area contributed by atoms with Gasteiger partial charge in [0.1, 0.15) is 12.6 Å². The van der Waals surface area contributed by atoms with E-state index in [1.807, 2.05) is 30.3 Å². The van der Waals surface area contributed by atoms with Crippen LogP contribution in [-0.4, -0.2) is 46.2 Å². The number of ether oxygens (including phenoxy) is 1. The number of aliphatic carboxylic acids is 1. The molecule has 2 rings (SSSR count). The van der Waals surface area contributed by atoms with E-state index in [-0.39, 0.29) is 6.61 Å². The van der Waals surface area contributed by atoms with Gasteiger partial charge in [-0.15, -0.1) is 0 Å². The molecule has 1 aromatic rings. The Morgan fingerprint density at radius 2 is 2.11 bits per heavy atom. The van der Waals surface area contributed by atoms with Gasteiger partial charge < -0.3 is 9.84 Å². The lowest BCUT2D eigenvalue weighted by Crippen LogP contribution is -2.50. The molecule has 0 bridgehead atoms. The van der Waals surface area contributed by atoms with Crippen LogP contribution in [0.1, 0.15) is 5.56 Å². The minimum Gasteiger partial charge on any atom is -0.480 e. The maximum absolute atomic E-state index is 11.9. The third-order valence-corrected chi connectivity index (χ3v) is 3.88. The van der Waals surface area contributed by atoms with Crippen molar-refractivity contribution in [1.82, 2.24) is 4.90 Å². The first kappa shape index (κ1) is 13.7. The van der Waals surface area contributed by atoms with Gasteiger partial charge in [0.25, 0.3) is 0 Å². The predicted octanol–water partition coefficient (Wildman–Crippen LogP) is 1.83. The van der Waals surface area contributed by atoms with Gasteiger partial charge in [-0.25, -0.2) is 9.59 Å². The maximum atomic E-state index is 11.9. The molecule has 1 amide bonds. The lowest BCUT2D eigenvalue weighted by atomic mass is 10.2. The number of carboxylic acid groups (broad SMARTS) is 1. The first-order valence-corrected chi connectivity index (χ1v) is 7.12. The zero-order chi connectivity index (χ0) is 13.7. The van der Waals surface area contributed by atoms with Gasteiger partial charge in [-0.05, 0) is 5.56 Å². The Balaban J connectivity index is 1.93. The summed E-state index contributed by atoms with van der Waals surface area (Å²) in [5.74, 6) is 0.170. The molecule has 0 radical (unpaired) electrons. The Hall–Kier alpha value is -1.69. The highest BCUT2D eigenvalue weighted by Crippen LogP contribution is 2.18. The minimum atomic E-state index is -0.983. The topological polar surface area (TPSA) is 66.8 Å². The molecule has 1 aromatic carbocycles. The third-order valence-electron chi connectivity index (χ3n) is 2.85. The second-order valence-corrected chi connectivity index (χ2v) is 5.31. The summed E-state index contributed by atoms with van der Waals surface area (Å²) < 4.78 is 5.16. The summed E-state index contributed by atoms with van der Waals surface area (Å²) in [6.07, 6.45) is -0.559. The first-order valence-electron chi connectivity index (χ1n) is 5.96. The van der Waals surface area contributed by atoms with E-state index in [1.165, 1.54) is 16.7 Å². The van der Waals surface area contributed by atoms with Crippen molar-refractivity contribution >= 4 is 23.8 Å². The monoisotopic (exact) mass is 281 g/mol. The summed E-state index contributed by atoms with van der Waals surface area (Å²) in [6, 6.07) is 8.53. The van der Waals surface area contributed by atoms with Gasteiger partial charge in [0.05, 0.1) is 0 Å². The van der Waals surface area contributed by atoms with Crippen molar-refractivity contribution in [1.29, 1.82) is 0 Å². The van der Waals surface area contributed by atoms with Crippen LogP contribution in [0, 0.1) is 0 Å². The second kappa shape index (κ2) is 6.47. The zero-order valence-electron chi connectivity index (χ0n) is 10.3. The normalized spacial score (nSPS) is 18.9. The van der Waals surface area contributed by atoms with Crippen LogP contribution in [0.25, 0.3) is 0 Å². The fourth-order valence-electron chi connectivity index (χ4n) is 1.83. The number of benzene rings is 1. The molecule has 102 valence electrons. The molecule has 5 nitrogen and oxygen atoms in total. The Labute approximate surface area is 115 Å². The molecule has 0 saturated carbocycles. The highest BCUT2D eigenvalue weighted by atomic mass is 32.2. The molecule has 0 spiro atoms. The predicted molar refractivity (Wildman–Crippen MR) is 72.1 cm³/mol. The summed E-state index contributed by atoms with van der Waals surface area (Å²) >= 11 is 1.54. The largest absolute Gasteiger partial charge is 0.480 e. The SMILES string of the molecule is O=C(O)[C@H]1CSCCN1C(=O)OCc1ccccc1. The van der Waals surface area contributed by atoms with E-state index in [2.05, 4.69) is 0 Å². The molecule has 0 aliphatic carbocycles. The Morgan fingerprint density at radius 3 is 2.79 bits per heavy atom. The summed E-state index contributed by atoms with van der Waals surface area (Å²) in [7, 11) is 0. The van der Waals surface area contributed by atoms with Gasteiger partial charge in [-0.2, -0.15) is 11.8 Å². The molecular formula is C13H15NO4S. The molecule has 19 heavy (non-hydrogen) atoms. The first-order chi connectivity index (χ1) is 9.18. The molecule has 1 atom stereocenters. The molecule has 1 heterocycles. The number of rotatable bonds is 3. The molecule has 1 saturated heterocycles. The number of thioether (sulfide) groups is 1. The van der Waals surface area contributed by atoms with E-state index < -0.39 is 18.1 Å². The second-order valence-electron chi connectivity index (χ2n) is 4.16. The summed E-state index contributed by atoms with van der Waals surface area (Å²) in [5, 5.41) is 9.08. The molecular weight excluding hydrogens is 266 g/mol. The van der Waals surface area contributed by atoms with E-state index in [1.54, 1.807) is 0 Å². The van der Waals surface area contributed by atoms with Crippen molar-refractivity contribution in [2.45, 2.75) is 12.6 Å². The van der Waals surface area contributed by atoms with Crippen LogP contribution >= 0.6 is 11.8 Å². The van der Waals surface area contributed by atoms with Gasteiger partial charge in [-0.1, -0.05) is 30.3 Å². The van der Waals surface area contributed by atoms with Gasteiger partial charge in [0.15, 0.2) is 0 Å². The van der Waals surface area contributed by atoms with Crippen LogP contribution in [0.15, 0.2) is 30.3 Å². The Bertz CT molecular complexity index is 451. The summed E-state index contributed by atoms with van der Waals surface area (Å²) in [4.78, 5) is 24.3. The van der Waals surface area contributed by atoms with E-state index in [0.29, 0.717) is 12.3 Å². The number of amides is 1.